The van der Waals surface area contributed by atoms with Crippen LogP contribution in [0.3, 0.4) is 0 Å². The van der Waals surface area contributed by atoms with Crippen LogP contribution >= 0.6 is 11.6 Å². The fourth-order valence-corrected chi connectivity index (χ4v) is 4.72. The summed E-state index contributed by atoms with van der Waals surface area (Å²) < 4.78 is 37.1. The molecule has 0 spiro atoms. The molecule has 2 aromatic carbocycles. The van der Waals surface area contributed by atoms with Gasteiger partial charge in [0.1, 0.15) is 24.1 Å². The minimum Gasteiger partial charge on any atom is -0.497 e. The highest BCUT2D eigenvalue weighted by Gasteiger charge is 2.32. The van der Waals surface area contributed by atoms with Gasteiger partial charge in [-0.25, -0.2) is 8.42 Å². The highest BCUT2D eigenvalue weighted by molar-refractivity contribution is 7.92. The Morgan fingerprint density at radius 1 is 1.08 bits per heavy atom. The van der Waals surface area contributed by atoms with Crippen molar-refractivity contribution in [1.29, 1.82) is 0 Å². The molecule has 1 atom stereocenters. The molecule has 36 heavy (non-hydrogen) atoms. The number of sulfonamides is 1. The monoisotopic (exact) mass is 539 g/mol. The number of ether oxygens (including phenoxy) is 2. The molecule has 1 N–H and O–H groups in total. The molecule has 2 amide bonds. The molecular weight excluding hydrogens is 506 g/mol. The number of benzene rings is 2. The van der Waals surface area contributed by atoms with Crippen molar-refractivity contribution in [2.45, 2.75) is 39.3 Å². The Morgan fingerprint density at radius 2 is 1.81 bits per heavy atom. The summed E-state index contributed by atoms with van der Waals surface area (Å²) in [6.45, 7) is 3.74. The van der Waals surface area contributed by atoms with E-state index < -0.39 is 28.5 Å². The van der Waals surface area contributed by atoms with Gasteiger partial charge in [0.15, 0.2) is 0 Å². The van der Waals surface area contributed by atoms with E-state index in [2.05, 4.69) is 5.32 Å². The Morgan fingerprint density at radius 3 is 2.39 bits per heavy atom. The van der Waals surface area contributed by atoms with E-state index in [1.54, 1.807) is 31.2 Å². The SMILES string of the molecule is CCCNC(=O)[C@H](CC)N(Cc1cccc(OC)c1)C(=O)CN(c1cc(Cl)ccc1OC)S(C)(=O)=O. The zero-order chi connectivity index (χ0) is 26.9. The number of hydrogen-bond donors (Lipinski definition) is 1. The van der Waals surface area contributed by atoms with Gasteiger partial charge in [0.2, 0.25) is 21.8 Å². The molecule has 0 heterocycles. The van der Waals surface area contributed by atoms with E-state index in [-0.39, 0.29) is 28.9 Å². The van der Waals surface area contributed by atoms with Gasteiger partial charge in [0.25, 0.3) is 0 Å². The van der Waals surface area contributed by atoms with E-state index in [1.165, 1.54) is 31.3 Å². The second kappa shape index (κ2) is 13.4. The Bertz CT molecular complexity index is 1160. The van der Waals surface area contributed by atoms with Crippen molar-refractivity contribution in [3.63, 3.8) is 0 Å². The summed E-state index contributed by atoms with van der Waals surface area (Å²) in [4.78, 5) is 28.1. The summed E-state index contributed by atoms with van der Waals surface area (Å²) in [5.41, 5.74) is 0.862. The molecule has 0 saturated carbocycles. The van der Waals surface area contributed by atoms with Crippen molar-refractivity contribution in [1.82, 2.24) is 10.2 Å². The van der Waals surface area contributed by atoms with Gasteiger partial charge in [0.05, 0.1) is 26.2 Å². The maximum absolute atomic E-state index is 13.7. The first kappa shape index (κ1) is 29.3. The molecule has 0 radical (unpaired) electrons. The number of amides is 2. The average Bonchev–Trinajstić information content (AvgIpc) is 2.85. The van der Waals surface area contributed by atoms with Gasteiger partial charge in [-0.15, -0.1) is 0 Å². The summed E-state index contributed by atoms with van der Waals surface area (Å²) in [6.07, 6.45) is 2.07. The molecule has 0 aliphatic carbocycles. The first-order valence-corrected chi connectivity index (χ1v) is 13.8. The van der Waals surface area contributed by atoms with Gasteiger partial charge in [-0.05, 0) is 48.7 Å². The zero-order valence-corrected chi connectivity index (χ0v) is 22.9. The van der Waals surface area contributed by atoms with Gasteiger partial charge in [-0.3, -0.25) is 13.9 Å². The number of carbonyl (C=O) groups excluding carboxylic acids is 2. The lowest BCUT2D eigenvalue weighted by atomic mass is 10.1. The van der Waals surface area contributed by atoms with Gasteiger partial charge in [-0.1, -0.05) is 37.6 Å². The third kappa shape index (κ3) is 7.76. The van der Waals surface area contributed by atoms with Crippen LogP contribution in [0.2, 0.25) is 5.02 Å². The van der Waals surface area contributed by atoms with Crippen molar-refractivity contribution in [3.05, 3.63) is 53.1 Å². The molecule has 0 saturated heterocycles. The quantitative estimate of drug-likeness (QED) is 0.418. The van der Waals surface area contributed by atoms with Crippen LogP contribution in [0.4, 0.5) is 5.69 Å². The molecule has 0 aliphatic rings. The van der Waals surface area contributed by atoms with Crippen LogP contribution in [-0.4, -0.2) is 64.7 Å². The number of methoxy groups -OCH3 is 2. The van der Waals surface area contributed by atoms with Crippen LogP contribution in [0.1, 0.15) is 32.3 Å². The van der Waals surface area contributed by atoms with E-state index in [0.717, 1.165) is 22.5 Å². The fraction of sp³-hybridized carbons (Fsp3) is 0.440. The lowest BCUT2D eigenvalue weighted by molar-refractivity contribution is -0.140. The normalized spacial score (nSPS) is 11.9. The molecule has 198 valence electrons. The fourth-order valence-electron chi connectivity index (χ4n) is 3.71. The molecule has 11 heteroatoms. The molecule has 0 aliphatic heterocycles. The summed E-state index contributed by atoms with van der Waals surface area (Å²) in [5.74, 6) is -0.0138. The number of halogens is 1. The Kier molecular flexibility index (Phi) is 10.9. The zero-order valence-electron chi connectivity index (χ0n) is 21.3. The van der Waals surface area contributed by atoms with Gasteiger partial charge in [0, 0.05) is 18.1 Å². The van der Waals surface area contributed by atoms with Crippen LogP contribution in [0.5, 0.6) is 11.5 Å². The lowest BCUT2D eigenvalue weighted by Crippen LogP contribution is -2.52. The molecule has 0 aromatic heterocycles. The molecule has 0 unspecified atom stereocenters. The summed E-state index contributed by atoms with van der Waals surface area (Å²) >= 11 is 6.13. The highest BCUT2D eigenvalue weighted by atomic mass is 35.5. The molecule has 2 rings (SSSR count). The number of rotatable bonds is 13. The van der Waals surface area contributed by atoms with Crippen molar-refractivity contribution < 1.29 is 27.5 Å². The van der Waals surface area contributed by atoms with Crippen LogP contribution in [0.15, 0.2) is 42.5 Å². The maximum atomic E-state index is 13.7. The molecule has 9 nitrogen and oxygen atoms in total. The summed E-state index contributed by atoms with van der Waals surface area (Å²) in [5, 5.41) is 3.12. The van der Waals surface area contributed by atoms with E-state index in [9.17, 15) is 18.0 Å². The van der Waals surface area contributed by atoms with Gasteiger partial charge in [-0.2, -0.15) is 0 Å². The van der Waals surface area contributed by atoms with Crippen LogP contribution in [0.25, 0.3) is 0 Å². The lowest BCUT2D eigenvalue weighted by Gasteiger charge is -2.33. The predicted octanol–water partition coefficient (Wildman–Crippen LogP) is 3.46. The van der Waals surface area contributed by atoms with Crippen LogP contribution < -0.4 is 19.1 Å². The number of hydrogen-bond acceptors (Lipinski definition) is 6. The first-order chi connectivity index (χ1) is 17.0. The van der Waals surface area contributed by atoms with Crippen molar-refractivity contribution >= 4 is 39.1 Å². The third-order valence-electron chi connectivity index (χ3n) is 5.51. The summed E-state index contributed by atoms with van der Waals surface area (Å²) in [7, 11) is -0.982. The van der Waals surface area contributed by atoms with E-state index in [4.69, 9.17) is 21.1 Å². The highest BCUT2D eigenvalue weighted by Crippen LogP contribution is 2.33. The first-order valence-electron chi connectivity index (χ1n) is 11.6. The molecule has 0 fully saturated rings. The average molecular weight is 540 g/mol. The van der Waals surface area contributed by atoms with E-state index in [1.807, 2.05) is 13.0 Å². The third-order valence-corrected chi connectivity index (χ3v) is 6.87. The summed E-state index contributed by atoms with van der Waals surface area (Å²) in [6, 6.07) is 10.9. The molecule has 2 aromatic rings. The minimum atomic E-state index is -3.92. The van der Waals surface area contributed by atoms with Crippen molar-refractivity contribution in [3.8, 4) is 11.5 Å². The van der Waals surface area contributed by atoms with Crippen molar-refractivity contribution in [2.75, 3.05) is 37.9 Å². The van der Waals surface area contributed by atoms with E-state index >= 15 is 0 Å². The second-order valence-corrected chi connectivity index (χ2v) is 10.5. The maximum Gasteiger partial charge on any atom is 0.244 e. The van der Waals surface area contributed by atoms with E-state index in [0.29, 0.717) is 18.7 Å². The molecular formula is C25H34ClN3O6S. The Hall–Kier alpha value is -2.98. The van der Waals surface area contributed by atoms with Crippen LogP contribution in [0, 0.1) is 0 Å². The number of nitrogens with zero attached hydrogens (tertiary/aromatic N) is 2. The number of anilines is 1. The largest absolute Gasteiger partial charge is 0.497 e. The number of carbonyl (C=O) groups is 2. The number of nitrogens with one attached hydrogen (secondary N) is 1. The second-order valence-electron chi connectivity index (χ2n) is 8.17. The van der Waals surface area contributed by atoms with Gasteiger partial charge < -0.3 is 19.7 Å². The minimum absolute atomic E-state index is 0.0817. The van der Waals surface area contributed by atoms with Crippen LogP contribution in [-0.2, 0) is 26.2 Å². The predicted molar refractivity (Wildman–Crippen MR) is 141 cm³/mol. The smallest absolute Gasteiger partial charge is 0.244 e. The van der Waals surface area contributed by atoms with Gasteiger partial charge >= 0.3 is 0 Å². The standard InChI is InChI=1S/C25H34ClN3O6S/c1-6-13-27-25(31)21(7-2)28(16-18-9-8-10-20(14-18)34-3)24(30)17-29(36(5,32)33)22-15-19(26)11-12-23(22)35-4/h8-12,14-15,21H,6-7,13,16-17H2,1-5H3,(H,27,31)/t21-/m0/s1. The van der Waals surface area contributed by atoms with Crippen molar-refractivity contribution in [2.24, 2.45) is 0 Å². The molecule has 0 bridgehead atoms. The Balaban J connectivity index is 2.51. The topological polar surface area (TPSA) is 105 Å². The Labute approximate surface area is 218 Å².